The molecule has 0 spiro atoms. The molecule has 7 heteroatoms. The van der Waals surface area contributed by atoms with Gasteiger partial charge in [-0.2, -0.15) is 5.10 Å². The lowest BCUT2D eigenvalue weighted by Gasteiger charge is -2.33. The summed E-state index contributed by atoms with van der Waals surface area (Å²) >= 11 is 0. The Morgan fingerprint density at radius 2 is 2.24 bits per heavy atom. The number of hydrogen-bond donors (Lipinski definition) is 2. The first kappa shape index (κ1) is 16.5. The lowest BCUT2D eigenvalue weighted by Crippen LogP contribution is -2.39. The van der Waals surface area contributed by atoms with Crippen LogP contribution in [0.3, 0.4) is 0 Å². The first-order valence-electron chi connectivity index (χ1n) is 7.54. The predicted octanol–water partition coefficient (Wildman–Crippen LogP) is 1.09. The molecule has 1 heterocycles. The van der Waals surface area contributed by atoms with Gasteiger partial charge in [-0.1, -0.05) is 13.3 Å². The van der Waals surface area contributed by atoms with E-state index in [1.165, 1.54) is 6.26 Å². The summed E-state index contributed by atoms with van der Waals surface area (Å²) in [5.74, 6) is 5.99. The van der Waals surface area contributed by atoms with Gasteiger partial charge in [0.25, 0.3) is 0 Å². The maximum Gasteiger partial charge on any atom is 0.150 e. The van der Waals surface area contributed by atoms with Gasteiger partial charge in [-0.25, -0.2) is 8.42 Å². The van der Waals surface area contributed by atoms with E-state index in [4.69, 9.17) is 5.84 Å². The molecule has 1 aliphatic carbocycles. The zero-order valence-corrected chi connectivity index (χ0v) is 13.9. The molecular weight excluding hydrogens is 288 g/mol. The summed E-state index contributed by atoms with van der Waals surface area (Å²) in [6.07, 6.45) is 5.57. The van der Waals surface area contributed by atoms with Crippen LogP contribution < -0.4 is 11.3 Å². The average molecular weight is 314 g/mol. The summed E-state index contributed by atoms with van der Waals surface area (Å²) in [5.41, 5.74) is 4.95. The zero-order valence-electron chi connectivity index (χ0n) is 13.0. The van der Waals surface area contributed by atoms with E-state index < -0.39 is 9.84 Å². The summed E-state index contributed by atoms with van der Waals surface area (Å²) < 4.78 is 25.5. The highest BCUT2D eigenvalue weighted by molar-refractivity contribution is 7.91. The standard InChI is InChI=1S/C14H26N4O2S/c1-4-11-9-13(18(2)17-11)14(16-15)10-6-5-7-12(8-10)21(3,19)20/h9-10,12,14,16H,4-8,15H2,1-3H3. The fraction of sp³-hybridized carbons (Fsp3) is 0.786. The number of aryl methyl sites for hydroxylation is 2. The highest BCUT2D eigenvalue weighted by Crippen LogP contribution is 2.36. The van der Waals surface area contributed by atoms with Gasteiger partial charge in [0, 0.05) is 13.3 Å². The molecular formula is C14H26N4O2S. The van der Waals surface area contributed by atoms with E-state index in [1.54, 1.807) is 0 Å². The van der Waals surface area contributed by atoms with E-state index >= 15 is 0 Å². The molecule has 1 saturated carbocycles. The minimum Gasteiger partial charge on any atom is -0.271 e. The quantitative estimate of drug-likeness (QED) is 0.627. The number of nitrogens with two attached hydrogens (primary N) is 1. The number of hydrazine groups is 1. The fourth-order valence-corrected chi connectivity index (χ4v) is 4.53. The van der Waals surface area contributed by atoms with Crippen LogP contribution in [0, 0.1) is 5.92 Å². The van der Waals surface area contributed by atoms with E-state index in [9.17, 15) is 8.42 Å². The summed E-state index contributed by atoms with van der Waals surface area (Å²) in [5, 5.41) is 4.22. The number of sulfone groups is 1. The van der Waals surface area contributed by atoms with E-state index in [0.717, 1.165) is 37.1 Å². The first-order chi connectivity index (χ1) is 9.86. The van der Waals surface area contributed by atoms with Gasteiger partial charge in [-0.3, -0.25) is 16.0 Å². The Bertz CT molecular complexity index is 582. The van der Waals surface area contributed by atoms with Crippen molar-refractivity contribution in [3.8, 4) is 0 Å². The van der Waals surface area contributed by atoms with Gasteiger partial charge in [0.1, 0.15) is 9.84 Å². The van der Waals surface area contributed by atoms with E-state index in [-0.39, 0.29) is 17.2 Å². The summed E-state index contributed by atoms with van der Waals surface area (Å²) in [4.78, 5) is 0. The minimum atomic E-state index is -2.98. The van der Waals surface area contributed by atoms with Crippen molar-refractivity contribution in [1.82, 2.24) is 15.2 Å². The van der Waals surface area contributed by atoms with Crippen LogP contribution in [0.4, 0.5) is 0 Å². The van der Waals surface area contributed by atoms with Crippen LogP contribution in [0.1, 0.15) is 50.0 Å². The Hall–Kier alpha value is -0.920. The number of nitrogens with zero attached hydrogens (tertiary/aromatic N) is 2. The van der Waals surface area contributed by atoms with Crippen LogP contribution in [-0.2, 0) is 23.3 Å². The van der Waals surface area contributed by atoms with Gasteiger partial charge in [-0.05, 0) is 37.7 Å². The van der Waals surface area contributed by atoms with Crippen molar-refractivity contribution in [3.63, 3.8) is 0 Å². The first-order valence-corrected chi connectivity index (χ1v) is 9.50. The lowest BCUT2D eigenvalue weighted by molar-refractivity contribution is 0.266. The molecule has 3 unspecified atom stereocenters. The Labute approximate surface area is 127 Å². The molecule has 0 amide bonds. The van der Waals surface area contributed by atoms with Gasteiger partial charge >= 0.3 is 0 Å². The molecule has 3 N–H and O–H groups in total. The maximum atomic E-state index is 11.8. The molecule has 0 aliphatic heterocycles. The molecule has 1 fully saturated rings. The molecule has 1 aliphatic rings. The SMILES string of the molecule is CCc1cc(C(NN)C2CCCC(S(C)(=O)=O)C2)n(C)n1. The fourth-order valence-electron chi connectivity index (χ4n) is 3.34. The second-order valence-electron chi connectivity index (χ2n) is 6.06. The Morgan fingerprint density at radius 3 is 2.76 bits per heavy atom. The third-order valence-electron chi connectivity index (χ3n) is 4.57. The second kappa shape index (κ2) is 6.46. The molecule has 120 valence electrons. The van der Waals surface area contributed by atoms with Crippen LogP contribution in [0.15, 0.2) is 6.07 Å². The Balaban J connectivity index is 2.22. The van der Waals surface area contributed by atoms with Crippen LogP contribution in [-0.4, -0.2) is 29.7 Å². The largest absolute Gasteiger partial charge is 0.271 e. The highest BCUT2D eigenvalue weighted by atomic mass is 32.2. The van der Waals surface area contributed by atoms with Crippen LogP contribution in [0.25, 0.3) is 0 Å². The summed E-state index contributed by atoms with van der Waals surface area (Å²) in [6.45, 7) is 2.07. The van der Waals surface area contributed by atoms with Gasteiger partial charge in [-0.15, -0.1) is 0 Å². The second-order valence-corrected chi connectivity index (χ2v) is 8.39. The molecule has 0 bridgehead atoms. The van der Waals surface area contributed by atoms with Crippen molar-refractivity contribution in [2.45, 2.75) is 50.3 Å². The summed E-state index contributed by atoms with van der Waals surface area (Å²) in [7, 11) is -1.07. The van der Waals surface area contributed by atoms with Gasteiger partial charge in [0.05, 0.1) is 22.7 Å². The molecule has 0 aromatic carbocycles. The van der Waals surface area contributed by atoms with Gasteiger partial charge < -0.3 is 0 Å². The van der Waals surface area contributed by atoms with Gasteiger partial charge in [0.2, 0.25) is 0 Å². The molecule has 1 aromatic heterocycles. The van der Waals surface area contributed by atoms with Crippen molar-refractivity contribution in [2.24, 2.45) is 18.8 Å². The minimum absolute atomic E-state index is 0.0488. The predicted molar refractivity (Wildman–Crippen MR) is 83.2 cm³/mol. The van der Waals surface area contributed by atoms with E-state index in [1.807, 2.05) is 11.7 Å². The third-order valence-corrected chi connectivity index (χ3v) is 6.21. The molecule has 2 rings (SSSR count). The van der Waals surface area contributed by atoms with Gasteiger partial charge in [0.15, 0.2) is 0 Å². The van der Waals surface area contributed by atoms with Crippen molar-refractivity contribution in [2.75, 3.05) is 6.26 Å². The van der Waals surface area contributed by atoms with Crippen LogP contribution in [0.2, 0.25) is 0 Å². The number of rotatable bonds is 5. The molecule has 0 radical (unpaired) electrons. The zero-order chi connectivity index (χ0) is 15.6. The molecule has 0 saturated heterocycles. The average Bonchev–Trinajstić information content (AvgIpc) is 2.81. The van der Waals surface area contributed by atoms with Crippen molar-refractivity contribution in [1.29, 1.82) is 0 Å². The molecule has 6 nitrogen and oxygen atoms in total. The molecule has 21 heavy (non-hydrogen) atoms. The summed E-state index contributed by atoms with van der Waals surface area (Å²) in [6, 6.07) is 2.02. The van der Waals surface area contributed by atoms with Crippen molar-refractivity contribution < 1.29 is 8.42 Å². The monoisotopic (exact) mass is 314 g/mol. The third kappa shape index (κ3) is 3.64. The number of nitrogens with one attached hydrogen (secondary N) is 1. The van der Waals surface area contributed by atoms with E-state index in [2.05, 4.69) is 23.5 Å². The Morgan fingerprint density at radius 1 is 1.52 bits per heavy atom. The smallest absolute Gasteiger partial charge is 0.150 e. The molecule has 3 atom stereocenters. The van der Waals surface area contributed by atoms with E-state index in [0.29, 0.717) is 6.42 Å². The highest BCUT2D eigenvalue weighted by Gasteiger charge is 2.34. The molecule has 1 aromatic rings. The number of hydrogen-bond acceptors (Lipinski definition) is 5. The maximum absolute atomic E-state index is 11.8. The topological polar surface area (TPSA) is 90.0 Å². The normalized spacial score (nSPS) is 25.0. The van der Waals surface area contributed by atoms with Crippen molar-refractivity contribution in [3.05, 3.63) is 17.5 Å². The van der Waals surface area contributed by atoms with Crippen LogP contribution in [0.5, 0.6) is 0 Å². The van der Waals surface area contributed by atoms with Crippen LogP contribution >= 0.6 is 0 Å². The Kier molecular flexibility index (Phi) is 5.06. The number of aromatic nitrogens is 2. The lowest BCUT2D eigenvalue weighted by atomic mass is 9.82. The van der Waals surface area contributed by atoms with Crippen molar-refractivity contribution >= 4 is 9.84 Å².